The largest absolute Gasteiger partial charge is 0.497 e. The Hall–Kier alpha value is -3.04. The molecule has 0 bridgehead atoms. The third-order valence-corrected chi connectivity index (χ3v) is 7.94. The van der Waals surface area contributed by atoms with Crippen molar-refractivity contribution in [2.45, 2.75) is 58.8 Å². The number of thiophene rings is 1. The molecule has 1 atom stereocenters. The second-order valence-corrected chi connectivity index (χ2v) is 11.7. The molecule has 0 fully saturated rings. The van der Waals surface area contributed by atoms with Gasteiger partial charge in [0.2, 0.25) is 0 Å². The third kappa shape index (κ3) is 4.06. The van der Waals surface area contributed by atoms with Crippen LogP contribution in [0.15, 0.2) is 59.1 Å². The zero-order valence-corrected chi connectivity index (χ0v) is 21.0. The molecule has 2 N–H and O–H groups in total. The highest BCUT2D eigenvalue weighted by Gasteiger charge is 2.45. The van der Waals surface area contributed by atoms with E-state index in [1.165, 1.54) is 4.88 Å². The summed E-state index contributed by atoms with van der Waals surface area (Å²) in [5.74, 6) is 0.793. The molecule has 1 aromatic carbocycles. The van der Waals surface area contributed by atoms with Gasteiger partial charge in [-0.25, -0.2) is 0 Å². The van der Waals surface area contributed by atoms with E-state index in [-0.39, 0.29) is 16.6 Å². The highest BCUT2D eigenvalue weighted by molar-refractivity contribution is 7.12. The molecule has 1 aliphatic heterocycles. The quantitative estimate of drug-likeness (QED) is 0.607. The number of hydrogen-bond acceptors (Lipinski definition) is 6. The molecule has 2 aromatic rings. The van der Waals surface area contributed by atoms with Gasteiger partial charge in [-0.05, 0) is 53.6 Å². The highest BCUT2D eigenvalue weighted by Crippen LogP contribution is 2.51. The normalized spacial score (nSPS) is 20.6. The van der Waals surface area contributed by atoms with Gasteiger partial charge in [-0.1, -0.05) is 34.6 Å². The molecule has 0 amide bonds. The van der Waals surface area contributed by atoms with Crippen LogP contribution < -0.4 is 15.4 Å². The summed E-state index contributed by atoms with van der Waals surface area (Å²) >= 11 is 1.66. The predicted molar refractivity (Wildman–Crippen MR) is 133 cm³/mol. The maximum absolute atomic E-state index is 13.6. The number of Topliss-reactive ketones (excluding diaryl/α,β-unsaturated/α-hetero) is 1. The van der Waals surface area contributed by atoms with Gasteiger partial charge in [0.15, 0.2) is 5.78 Å². The molecule has 0 radical (unpaired) electrons. The molecule has 172 valence electrons. The molecule has 33 heavy (non-hydrogen) atoms. The topological polar surface area (TPSA) is 79.3 Å². The average molecular weight is 462 g/mol. The van der Waals surface area contributed by atoms with Crippen molar-refractivity contribution in [2.24, 2.45) is 11.1 Å². The van der Waals surface area contributed by atoms with Crippen LogP contribution in [-0.4, -0.2) is 12.9 Å². The van der Waals surface area contributed by atoms with Gasteiger partial charge in [0.1, 0.15) is 11.6 Å². The number of methoxy groups -OCH3 is 1. The van der Waals surface area contributed by atoms with E-state index in [2.05, 4.69) is 52.8 Å². The predicted octanol–water partition coefficient (Wildman–Crippen LogP) is 6.00. The van der Waals surface area contributed by atoms with Crippen molar-refractivity contribution in [3.05, 3.63) is 68.8 Å². The standard InChI is InChI=1S/C27H31N3O2S/c1-26(2,3)22-12-11-21(33-22)23-18(15-28)25(29)30(16-7-9-17(32-6)10-8-16)19-13-27(4,5)14-20(31)24(19)23/h7-12,23H,13-14,29H2,1-6H3/t23-/m1/s1. The lowest BCUT2D eigenvalue weighted by Gasteiger charge is -2.43. The molecule has 0 unspecified atom stereocenters. The maximum Gasteiger partial charge on any atom is 0.162 e. The number of hydrogen-bond donors (Lipinski definition) is 1. The first-order chi connectivity index (χ1) is 15.5. The Balaban J connectivity index is 1.94. The molecule has 0 spiro atoms. The van der Waals surface area contributed by atoms with Gasteiger partial charge >= 0.3 is 0 Å². The van der Waals surface area contributed by atoms with Crippen LogP contribution in [0.1, 0.15) is 63.1 Å². The fourth-order valence-electron chi connectivity index (χ4n) is 4.73. The molecule has 2 heterocycles. The summed E-state index contributed by atoms with van der Waals surface area (Å²) in [5.41, 5.74) is 9.36. The number of ether oxygens (including phenoxy) is 1. The van der Waals surface area contributed by atoms with E-state index < -0.39 is 5.92 Å². The number of nitrogens with two attached hydrogens (primary N) is 1. The summed E-state index contributed by atoms with van der Waals surface area (Å²) < 4.78 is 5.31. The van der Waals surface area contributed by atoms with Crippen LogP contribution in [0.4, 0.5) is 5.69 Å². The molecule has 2 aliphatic rings. The van der Waals surface area contributed by atoms with Crippen LogP contribution in [0.5, 0.6) is 5.75 Å². The van der Waals surface area contributed by atoms with Gasteiger partial charge in [0, 0.05) is 33.1 Å². The highest BCUT2D eigenvalue weighted by atomic mass is 32.1. The van der Waals surface area contributed by atoms with E-state index in [1.807, 2.05) is 29.2 Å². The lowest BCUT2D eigenvalue weighted by atomic mass is 9.69. The zero-order chi connectivity index (χ0) is 24.1. The molecule has 4 rings (SSSR count). The number of nitriles is 1. The number of nitrogens with zero attached hydrogens (tertiary/aromatic N) is 2. The molecule has 0 saturated heterocycles. The lowest BCUT2D eigenvalue weighted by molar-refractivity contribution is -0.118. The van der Waals surface area contributed by atoms with Gasteiger partial charge in [0.05, 0.1) is 24.7 Å². The monoisotopic (exact) mass is 461 g/mol. The summed E-state index contributed by atoms with van der Waals surface area (Å²) in [6, 6.07) is 14.1. The number of anilines is 1. The number of carbonyl (C=O) groups is 1. The Labute approximate surface area is 200 Å². The van der Waals surface area contributed by atoms with Gasteiger partial charge in [-0.15, -0.1) is 11.3 Å². The van der Waals surface area contributed by atoms with Gasteiger partial charge in [-0.2, -0.15) is 5.26 Å². The van der Waals surface area contributed by atoms with Crippen molar-refractivity contribution >= 4 is 22.8 Å². The van der Waals surface area contributed by atoms with E-state index >= 15 is 0 Å². The summed E-state index contributed by atoms with van der Waals surface area (Å²) in [7, 11) is 1.62. The minimum absolute atomic E-state index is 0.00937. The van der Waals surface area contributed by atoms with Crippen molar-refractivity contribution in [1.82, 2.24) is 0 Å². The number of carbonyl (C=O) groups excluding carboxylic acids is 1. The van der Waals surface area contributed by atoms with Crippen molar-refractivity contribution < 1.29 is 9.53 Å². The summed E-state index contributed by atoms with van der Waals surface area (Å²) in [6.07, 6.45) is 1.16. The number of ketones is 1. The van der Waals surface area contributed by atoms with E-state index in [1.54, 1.807) is 18.4 Å². The first kappa shape index (κ1) is 23.1. The van der Waals surface area contributed by atoms with E-state index in [4.69, 9.17) is 10.5 Å². The van der Waals surface area contributed by atoms with Crippen molar-refractivity contribution in [3.63, 3.8) is 0 Å². The number of benzene rings is 1. The molecule has 5 nitrogen and oxygen atoms in total. The van der Waals surface area contributed by atoms with Crippen LogP contribution in [0.2, 0.25) is 0 Å². The van der Waals surface area contributed by atoms with Gasteiger partial charge < -0.3 is 10.5 Å². The maximum atomic E-state index is 13.6. The Morgan fingerprint density at radius 1 is 1.15 bits per heavy atom. The number of allylic oxidation sites excluding steroid dienone is 3. The van der Waals surface area contributed by atoms with E-state index in [0.29, 0.717) is 29.8 Å². The fourth-order valence-corrected chi connectivity index (χ4v) is 5.92. The molecule has 6 heteroatoms. The zero-order valence-electron chi connectivity index (χ0n) is 20.2. The van der Waals surface area contributed by atoms with Crippen molar-refractivity contribution in [3.8, 4) is 11.8 Å². The van der Waals surface area contributed by atoms with E-state index in [0.717, 1.165) is 22.0 Å². The molecule has 1 aliphatic carbocycles. The Kier molecular flexibility index (Phi) is 5.66. The molecular weight excluding hydrogens is 430 g/mol. The summed E-state index contributed by atoms with van der Waals surface area (Å²) in [6.45, 7) is 10.7. The first-order valence-corrected chi connectivity index (χ1v) is 12.0. The molecular formula is C27H31N3O2S. The van der Waals surface area contributed by atoms with Crippen LogP contribution in [-0.2, 0) is 10.2 Å². The molecule has 1 aromatic heterocycles. The third-order valence-electron chi connectivity index (χ3n) is 6.36. The van der Waals surface area contributed by atoms with E-state index in [9.17, 15) is 10.1 Å². The number of rotatable bonds is 3. The summed E-state index contributed by atoms with van der Waals surface area (Å²) in [5, 5.41) is 10.2. The Bertz CT molecular complexity index is 1200. The van der Waals surface area contributed by atoms with Crippen molar-refractivity contribution in [2.75, 3.05) is 12.0 Å². The van der Waals surface area contributed by atoms with Crippen LogP contribution in [0.3, 0.4) is 0 Å². The minimum atomic E-state index is -0.427. The minimum Gasteiger partial charge on any atom is -0.497 e. The Morgan fingerprint density at radius 2 is 1.82 bits per heavy atom. The van der Waals surface area contributed by atoms with Gasteiger partial charge in [0.25, 0.3) is 0 Å². The second kappa shape index (κ2) is 8.07. The second-order valence-electron chi connectivity index (χ2n) is 10.6. The Morgan fingerprint density at radius 3 is 2.36 bits per heavy atom. The lowest BCUT2D eigenvalue weighted by Crippen LogP contribution is -2.42. The van der Waals surface area contributed by atoms with Crippen molar-refractivity contribution in [1.29, 1.82) is 5.26 Å². The smallest absolute Gasteiger partial charge is 0.162 e. The first-order valence-electron chi connectivity index (χ1n) is 11.2. The van der Waals surface area contributed by atoms with Crippen LogP contribution >= 0.6 is 11.3 Å². The van der Waals surface area contributed by atoms with Gasteiger partial charge in [-0.3, -0.25) is 9.69 Å². The molecule has 0 saturated carbocycles. The SMILES string of the molecule is COc1ccc(N2C(N)=C(C#N)[C@H](c3ccc(C(C)(C)C)s3)C3=C2CC(C)(C)CC3=O)cc1. The van der Waals surface area contributed by atoms with Crippen LogP contribution in [0.25, 0.3) is 0 Å². The van der Waals surface area contributed by atoms with Crippen LogP contribution in [0, 0.1) is 16.7 Å². The fraction of sp³-hybridized carbons (Fsp3) is 0.407. The summed E-state index contributed by atoms with van der Waals surface area (Å²) in [4.78, 5) is 17.7. The average Bonchev–Trinajstić information content (AvgIpc) is 3.23.